The number of halogens is 1. The van der Waals surface area contributed by atoms with Crippen LogP contribution in [-0.2, 0) is 6.42 Å². The Balaban J connectivity index is 2.20. The molecule has 1 unspecified atom stereocenters. The molecular formula is C14H16BrN3. The van der Waals surface area contributed by atoms with Gasteiger partial charge >= 0.3 is 0 Å². The fourth-order valence-electron chi connectivity index (χ4n) is 1.84. The second-order valence-electron chi connectivity index (χ2n) is 4.42. The summed E-state index contributed by atoms with van der Waals surface area (Å²) in [5.74, 6) is 0.833. The van der Waals surface area contributed by atoms with Gasteiger partial charge in [-0.2, -0.15) is 0 Å². The zero-order chi connectivity index (χ0) is 13.1. The van der Waals surface area contributed by atoms with Gasteiger partial charge in [-0.15, -0.1) is 0 Å². The van der Waals surface area contributed by atoms with Gasteiger partial charge in [0.25, 0.3) is 0 Å². The second kappa shape index (κ2) is 5.59. The van der Waals surface area contributed by atoms with Crippen LogP contribution in [0.5, 0.6) is 0 Å². The SMILES string of the molecule is Cc1nc(Cc2ccc(Br)cc2)ncc1C(C)N. The van der Waals surface area contributed by atoms with Crippen LogP contribution >= 0.6 is 15.9 Å². The predicted molar refractivity (Wildman–Crippen MR) is 76.3 cm³/mol. The standard InChI is InChI=1S/C14H16BrN3/c1-9(16)13-8-17-14(18-10(13)2)7-11-3-5-12(15)6-4-11/h3-6,8-9H,7,16H2,1-2H3. The quantitative estimate of drug-likeness (QED) is 0.947. The van der Waals surface area contributed by atoms with Crippen molar-refractivity contribution in [3.05, 3.63) is 57.6 Å². The number of hydrogen-bond donors (Lipinski definition) is 1. The number of benzene rings is 1. The van der Waals surface area contributed by atoms with Crippen molar-refractivity contribution in [2.75, 3.05) is 0 Å². The molecule has 0 aliphatic heterocycles. The molecule has 3 nitrogen and oxygen atoms in total. The van der Waals surface area contributed by atoms with Crippen molar-refractivity contribution in [3.8, 4) is 0 Å². The topological polar surface area (TPSA) is 51.8 Å². The lowest BCUT2D eigenvalue weighted by molar-refractivity contribution is 0.777. The van der Waals surface area contributed by atoms with Gasteiger partial charge < -0.3 is 5.73 Å². The van der Waals surface area contributed by atoms with Gasteiger partial charge in [0.2, 0.25) is 0 Å². The Labute approximate surface area is 116 Å². The normalized spacial score (nSPS) is 12.4. The Hall–Kier alpha value is -1.26. The van der Waals surface area contributed by atoms with Gasteiger partial charge in [-0.1, -0.05) is 28.1 Å². The van der Waals surface area contributed by atoms with Crippen LogP contribution in [0.4, 0.5) is 0 Å². The highest BCUT2D eigenvalue weighted by atomic mass is 79.9. The van der Waals surface area contributed by atoms with Crippen LogP contribution in [0.25, 0.3) is 0 Å². The summed E-state index contributed by atoms with van der Waals surface area (Å²) in [5.41, 5.74) is 9.02. The monoisotopic (exact) mass is 305 g/mol. The molecule has 0 aliphatic rings. The third-order valence-corrected chi connectivity index (χ3v) is 3.36. The molecule has 1 atom stereocenters. The Bertz CT molecular complexity index is 535. The van der Waals surface area contributed by atoms with E-state index in [0.717, 1.165) is 28.0 Å². The molecule has 2 N–H and O–H groups in total. The molecule has 18 heavy (non-hydrogen) atoms. The number of aryl methyl sites for hydroxylation is 1. The van der Waals surface area contributed by atoms with E-state index in [1.807, 2.05) is 32.2 Å². The molecule has 1 aromatic carbocycles. The second-order valence-corrected chi connectivity index (χ2v) is 5.33. The summed E-state index contributed by atoms with van der Waals surface area (Å²) in [5, 5.41) is 0. The molecule has 0 aliphatic carbocycles. The Morgan fingerprint density at radius 1 is 1.28 bits per heavy atom. The fraction of sp³-hybridized carbons (Fsp3) is 0.286. The van der Waals surface area contributed by atoms with E-state index in [1.165, 1.54) is 5.56 Å². The van der Waals surface area contributed by atoms with E-state index in [0.29, 0.717) is 0 Å². The van der Waals surface area contributed by atoms with Crippen LogP contribution in [0, 0.1) is 6.92 Å². The first kappa shape index (κ1) is 13.2. The minimum Gasteiger partial charge on any atom is -0.324 e. The van der Waals surface area contributed by atoms with E-state index in [1.54, 1.807) is 0 Å². The Kier molecular flexibility index (Phi) is 4.09. The molecule has 0 spiro atoms. The zero-order valence-electron chi connectivity index (χ0n) is 10.5. The van der Waals surface area contributed by atoms with E-state index >= 15 is 0 Å². The molecule has 4 heteroatoms. The Morgan fingerprint density at radius 3 is 2.50 bits per heavy atom. The molecule has 1 heterocycles. The average molecular weight is 306 g/mol. The first-order valence-electron chi connectivity index (χ1n) is 5.88. The van der Waals surface area contributed by atoms with Gasteiger partial charge in [0.05, 0.1) is 0 Å². The maximum atomic E-state index is 5.85. The van der Waals surface area contributed by atoms with E-state index in [9.17, 15) is 0 Å². The minimum atomic E-state index is -0.0215. The summed E-state index contributed by atoms with van der Waals surface area (Å²) in [6.07, 6.45) is 2.58. The number of hydrogen-bond acceptors (Lipinski definition) is 3. The zero-order valence-corrected chi connectivity index (χ0v) is 12.1. The van der Waals surface area contributed by atoms with Crippen LogP contribution in [0.1, 0.15) is 35.6 Å². The van der Waals surface area contributed by atoms with Crippen molar-refractivity contribution in [2.24, 2.45) is 5.73 Å². The molecule has 0 saturated heterocycles. The van der Waals surface area contributed by atoms with E-state index < -0.39 is 0 Å². The lowest BCUT2D eigenvalue weighted by Gasteiger charge is -2.09. The van der Waals surface area contributed by atoms with Gasteiger partial charge in [-0.25, -0.2) is 9.97 Å². The molecule has 94 valence electrons. The molecule has 0 fully saturated rings. The van der Waals surface area contributed by atoms with E-state index in [2.05, 4.69) is 38.0 Å². The summed E-state index contributed by atoms with van der Waals surface area (Å²) in [6, 6.07) is 8.17. The lowest BCUT2D eigenvalue weighted by atomic mass is 10.1. The third kappa shape index (κ3) is 3.15. The summed E-state index contributed by atoms with van der Waals surface area (Å²) in [4.78, 5) is 8.88. The van der Waals surface area contributed by atoms with Gasteiger partial charge in [-0.3, -0.25) is 0 Å². The number of nitrogens with two attached hydrogens (primary N) is 1. The molecule has 2 rings (SSSR count). The maximum Gasteiger partial charge on any atom is 0.132 e. The highest BCUT2D eigenvalue weighted by Crippen LogP contribution is 2.15. The molecular weight excluding hydrogens is 290 g/mol. The van der Waals surface area contributed by atoms with Crippen molar-refractivity contribution in [1.82, 2.24) is 9.97 Å². The van der Waals surface area contributed by atoms with Crippen molar-refractivity contribution >= 4 is 15.9 Å². The smallest absolute Gasteiger partial charge is 0.132 e. The van der Waals surface area contributed by atoms with Crippen LogP contribution in [0.3, 0.4) is 0 Å². The van der Waals surface area contributed by atoms with Crippen molar-refractivity contribution < 1.29 is 0 Å². The predicted octanol–water partition coefficient (Wildman–Crippen LogP) is 3.16. The van der Waals surface area contributed by atoms with Crippen LogP contribution in [0.2, 0.25) is 0 Å². The molecule has 0 amide bonds. The maximum absolute atomic E-state index is 5.85. The minimum absolute atomic E-state index is 0.0215. The highest BCUT2D eigenvalue weighted by molar-refractivity contribution is 9.10. The first-order chi connectivity index (χ1) is 8.56. The van der Waals surface area contributed by atoms with Crippen molar-refractivity contribution in [2.45, 2.75) is 26.3 Å². The number of nitrogens with zero attached hydrogens (tertiary/aromatic N) is 2. The molecule has 1 aromatic heterocycles. The van der Waals surface area contributed by atoms with Gasteiger partial charge in [0, 0.05) is 34.4 Å². The average Bonchev–Trinajstić information content (AvgIpc) is 2.32. The van der Waals surface area contributed by atoms with E-state index in [-0.39, 0.29) is 6.04 Å². The third-order valence-electron chi connectivity index (χ3n) is 2.83. The molecule has 2 aromatic rings. The van der Waals surface area contributed by atoms with E-state index in [4.69, 9.17) is 5.73 Å². The van der Waals surface area contributed by atoms with Crippen LogP contribution in [-0.4, -0.2) is 9.97 Å². The number of aromatic nitrogens is 2. The summed E-state index contributed by atoms with van der Waals surface area (Å²) >= 11 is 3.42. The first-order valence-corrected chi connectivity index (χ1v) is 6.68. The highest BCUT2D eigenvalue weighted by Gasteiger charge is 2.07. The van der Waals surface area contributed by atoms with Crippen molar-refractivity contribution in [3.63, 3.8) is 0 Å². The van der Waals surface area contributed by atoms with Gasteiger partial charge in [0.1, 0.15) is 5.82 Å². The van der Waals surface area contributed by atoms with Crippen molar-refractivity contribution in [1.29, 1.82) is 0 Å². The van der Waals surface area contributed by atoms with Crippen LogP contribution < -0.4 is 5.73 Å². The molecule has 0 bridgehead atoms. The summed E-state index contributed by atoms with van der Waals surface area (Å²) in [7, 11) is 0. The van der Waals surface area contributed by atoms with Gasteiger partial charge in [-0.05, 0) is 31.5 Å². The number of rotatable bonds is 3. The fourth-order valence-corrected chi connectivity index (χ4v) is 2.11. The lowest BCUT2D eigenvalue weighted by Crippen LogP contribution is -2.10. The summed E-state index contributed by atoms with van der Waals surface area (Å²) < 4.78 is 1.08. The molecule has 0 saturated carbocycles. The van der Waals surface area contributed by atoms with Crippen LogP contribution in [0.15, 0.2) is 34.9 Å². The largest absolute Gasteiger partial charge is 0.324 e. The Morgan fingerprint density at radius 2 is 1.94 bits per heavy atom. The van der Waals surface area contributed by atoms with Gasteiger partial charge in [0.15, 0.2) is 0 Å². The summed E-state index contributed by atoms with van der Waals surface area (Å²) in [6.45, 7) is 3.92. The molecule has 0 radical (unpaired) electrons.